The first-order chi connectivity index (χ1) is 9.95. The van der Waals surface area contributed by atoms with Crippen LogP contribution in [0.15, 0.2) is 17.1 Å². The Bertz CT molecular complexity index is 346. The molecule has 0 aliphatic rings. The van der Waals surface area contributed by atoms with Crippen molar-refractivity contribution < 1.29 is 71.5 Å². The number of aliphatic hydroxyl groups is 1. The van der Waals surface area contributed by atoms with Crippen LogP contribution in [-0.4, -0.2) is 52.8 Å². The predicted molar refractivity (Wildman–Crippen MR) is 81.1 cm³/mol. The van der Waals surface area contributed by atoms with Gasteiger partial charge in [-0.05, 0) is 32.1 Å². The molecular formula is C15H27KN2O4. The molecule has 0 heterocycles. The Morgan fingerprint density at radius 3 is 2.50 bits per heavy atom. The van der Waals surface area contributed by atoms with Crippen molar-refractivity contribution in [3.05, 3.63) is 12.2 Å². The maximum absolute atomic E-state index is 11.6. The summed E-state index contributed by atoms with van der Waals surface area (Å²) in [6, 6.07) is 0. The van der Waals surface area contributed by atoms with Gasteiger partial charge >= 0.3 is 57.4 Å². The van der Waals surface area contributed by atoms with Gasteiger partial charge in [0.05, 0.1) is 19.2 Å². The van der Waals surface area contributed by atoms with Crippen molar-refractivity contribution in [2.24, 2.45) is 4.99 Å². The van der Waals surface area contributed by atoms with E-state index >= 15 is 0 Å². The fraction of sp³-hybridized carbons (Fsp3) is 0.733. The minimum Gasteiger partial charge on any atom is -0.862 e. The predicted octanol–water partition coefficient (Wildman–Crippen LogP) is -2.00. The number of unbranched alkanes of at least 4 members (excludes halogenated alkanes) is 1. The van der Waals surface area contributed by atoms with Gasteiger partial charge in [0.15, 0.2) is 0 Å². The number of allylic oxidation sites excluding steroid dienone is 2. The van der Waals surface area contributed by atoms with E-state index < -0.39 is 12.1 Å². The smallest absolute Gasteiger partial charge is 0.862 e. The second-order valence-electron chi connectivity index (χ2n) is 5.06. The van der Waals surface area contributed by atoms with Gasteiger partial charge in [0.25, 0.3) is 0 Å². The Hall–Kier alpha value is 0.236. The van der Waals surface area contributed by atoms with Crippen LogP contribution in [0, 0.1) is 0 Å². The van der Waals surface area contributed by atoms with Gasteiger partial charge in [0, 0.05) is 13.1 Å². The number of carboxylic acids is 1. The van der Waals surface area contributed by atoms with Crippen LogP contribution in [-0.2, 0) is 4.79 Å². The van der Waals surface area contributed by atoms with Crippen LogP contribution in [0.5, 0.6) is 0 Å². The Morgan fingerprint density at radius 1 is 1.32 bits per heavy atom. The number of nitrogens with zero attached hydrogens (tertiary/aromatic N) is 2. The van der Waals surface area contributed by atoms with E-state index in [1.54, 1.807) is 11.8 Å². The van der Waals surface area contributed by atoms with Gasteiger partial charge < -0.3 is 15.3 Å². The zero-order chi connectivity index (χ0) is 16.1. The first-order valence-electron chi connectivity index (χ1n) is 7.43. The van der Waals surface area contributed by atoms with E-state index in [9.17, 15) is 15.0 Å². The summed E-state index contributed by atoms with van der Waals surface area (Å²) >= 11 is 0. The summed E-state index contributed by atoms with van der Waals surface area (Å²) in [5, 5.41) is 29.6. The molecule has 7 heteroatoms. The number of aliphatic carboxylic acids is 1. The Kier molecular flexibility index (Phi) is 17.9. The van der Waals surface area contributed by atoms with Gasteiger partial charge in [-0.3, -0.25) is 14.7 Å². The zero-order valence-corrected chi connectivity index (χ0v) is 17.1. The molecule has 0 saturated heterocycles. The molecule has 0 radical (unpaired) electrons. The number of carboxylic acid groups (broad SMARTS) is 1. The van der Waals surface area contributed by atoms with Crippen molar-refractivity contribution in [1.82, 2.24) is 4.90 Å². The molecule has 0 fully saturated rings. The summed E-state index contributed by atoms with van der Waals surface area (Å²) in [4.78, 5) is 16.2. The number of carbonyl (C=O) groups is 1. The van der Waals surface area contributed by atoms with E-state index in [0.29, 0.717) is 19.4 Å². The fourth-order valence-electron chi connectivity index (χ4n) is 1.71. The summed E-state index contributed by atoms with van der Waals surface area (Å²) < 4.78 is 0. The van der Waals surface area contributed by atoms with E-state index in [-0.39, 0.29) is 76.9 Å². The third-order valence-electron chi connectivity index (χ3n) is 2.76. The third kappa shape index (κ3) is 16.6. The molecule has 0 rings (SSSR count). The maximum Gasteiger partial charge on any atom is 1.00 e. The molecule has 0 spiro atoms. The Balaban J connectivity index is 0. The van der Waals surface area contributed by atoms with Gasteiger partial charge in [-0.1, -0.05) is 25.5 Å². The second kappa shape index (κ2) is 16.1. The average molecular weight is 338 g/mol. The van der Waals surface area contributed by atoms with E-state index in [1.165, 1.54) is 0 Å². The molecule has 6 nitrogen and oxygen atoms in total. The van der Waals surface area contributed by atoms with Crippen LogP contribution in [0.3, 0.4) is 0 Å². The van der Waals surface area contributed by atoms with Crippen molar-refractivity contribution in [3.63, 3.8) is 0 Å². The topological polar surface area (TPSA) is 96.2 Å². The maximum atomic E-state index is 11.6. The number of hydrogen-bond acceptors (Lipinski definition) is 5. The third-order valence-corrected chi connectivity index (χ3v) is 2.76. The molecule has 122 valence electrons. The number of aliphatic hydroxyl groups excluding tert-OH is 1. The van der Waals surface area contributed by atoms with E-state index in [0.717, 1.165) is 12.8 Å². The average Bonchev–Trinajstić information content (AvgIpc) is 2.41. The first kappa shape index (κ1) is 24.5. The monoisotopic (exact) mass is 338 g/mol. The molecule has 0 aromatic rings. The van der Waals surface area contributed by atoms with Gasteiger partial charge in [0.1, 0.15) is 0 Å². The molecule has 1 unspecified atom stereocenters. The van der Waals surface area contributed by atoms with Crippen LogP contribution < -0.4 is 56.5 Å². The quantitative estimate of drug-likeness (QED) is 0.186. The van der Waals surface area contributed by atoms with Crippen LogP contribution >= 0.6 is 0 Å². The fourth-order valence-corrected chi connectivity index (χ4v) is 1.71. The molecule has 0 saturated carbocycles. The Labute approximate surface area is 175 Å². The van der Waals surface area contributed by atoms with Crippen molar-refractivity contribution in [2.45, 2.75) is 52.1 Å². The molecule has 22 heavy (non-hydrogen) atoms. The standard InChI is InChI=1S/C15H28N2O4.K/c1-3-4-5-6-7-8-14(19)16-12-17(11-13(2)18)10-9-15(20)21;/h5-6,13,18H,3-4,7-12H2,1-2H3,(H,16,19)(H,20,21);/q;+1/p-1/b6-5+;. The summed E-state index contributed by atoms with van der Waals surface area (Å²) in [7, 11) is 0. The zero-order valence-electron chi connectivity index (χ0n) is 14.0. The molecule has 0 bridgehead atoms. The minimum atomic E-state index is -0.905. The Morgan fingerprint density at radius 2 is 1.95 bits per heavy atom. The molecule has 1 atom stereocenters. The molecule has 0 aromatic carbocycles. The largest absolute Gasteiger partial charge is 1.00 e. The van der Waals surface area contributed by atoms with E-state index in [2.05, 4.69) is 18.0 Å². The number of rotatable bonds is 12. The van der Waals surface area contributed by atoms with E-state index in [1.807, 2.05) is 6.08 Å². The van der Waals surface area contributed by atoms with Crippen LogP contribution in [0.1, 0.15) is 46.0 Å². The van der Waals surface area contributed by atoms with Gasteiger partial charge in [-0.25, -0.2) is 0 Å². The SMILES string of the molecule is CCC/C=C/CCC([O-])=NCN(CCC(=O)O)CC(C)O.[K+]. The first-order valence-corrected chi connectivity index (χ1v) is 7.43. The second-order valence-corrected chi connectivity index (χ2v) is 5.06. The molecule has 0 aromatic heterocycles. The van der Waals surface area contributed by atoms with Gasteiger partial charge in [-0.2, -0.15) is 0 Å². The molecule has 0 aliphatic heterocycles. The van der Waals surface area contributed by atoms with Gasteiger partial charge in [0.2, 0.25) is 0 Å². The van der Waals surface area contributed by atoms with Gasteiger partial charge in [-0.15, -0.1) is 0 Å². The summed E-state index contributed by atoms with van der Waals surface area (Å²) in [5.74, 6) is -1.10. The summed E-state index contributed by atoms with van der Waals surface area (Å²) in [6.07, 6.45) is 6.57. The van der Waals surface area contributed by atoms with Crippen LogP contribution in [0.4, 0.5) is 0 Å². The van der Waals surface area contributed by atoms with Crippen molar-refractivity contribution in [1.29, 1.82) is 0 Å². The number of aliphatic imine (C=N–C) groups is 1. The summed E-state index contributed by atoms with van der Waals surface area (Å²) in [6.45, 7) is 4.43. The van der Waals surface area contributed by atoms with Crippen LogP contribution in [0.2, 0.25) is 0 Å². The minimum absolute atomic E-state index is 0. The van der Waals surface area contributed by atoms with Crippen molar-refractivity contribution in [3.8, 4) is 0 Å². The molecule has 0 amide bonds. The number of hydrogen-bond donors (Lipinski definition) is 2. The normalized spacial score (nSPS) is 13.4. The molecule has 2 N–H and O–H groups in total. The summed E-state index contributed by atoms with van der Waals surface area (Å²) in [5.41, 5.74) is 0. The van der Waals surface area contributed by atoms with Crippen molar-refractivity contribution >= 4 is 11.9 Å². The van der Waals surface area contributed by atoms with Crippen molar-refractivity contribution in [2.75, 3.05) is 19.8 Å². The van der Waals surface area contributed by atoms with E-state index in [4.69, 9.17) is 5.11 Å². The molecule has 0 aliphatic carbocycles. The molecular weight excluding hydrogens is 311 g/mol. The van der Waals surface area contributed by atoms with Crippen LogP contribution in [0.25, 0.3) is 0 Å².